The average molecular weight is 405 g/mol. The number of piperazine rings is 1. The van der Waals surface area contributed by atoms with Crippen molar-refractivity contribution in [2.75, 3.05) is 44.2 Å². The number of guanidine groups is 1. The number of anilines is 1. The fraction of sp³-hybridized carbons (Fsp3) is 0.364. The molecule has 3 aromatic rings. The summed E-state index contributed by atoms with van der Waals surface area (Å²) in [5.74, 6) is 1.77. The van der Waals surface area contributed by atoms with Gasteiger partial charge in [-0.2, -0.15) is 5.10 Å². The largest absolute Gasteiger partial charge is 0.357 e. The van der Waals surface area contributed by atoms with Crippen molar-refractivity contribution in [2.45, 2.75) is 13.3 Å². The molecule has 0 atom stereocenters. The van der Waals surface area contributed by atoms with Crippen LogP contribution in [0, 0.1) is 0 Å². The zero-order valence-corrected chi connectivity index (χ0v) is 17.4. The third-order valence-corrected chi connectivity index (χ3v) is 5.07. The average Bonchev–Trinajstić information content (AvgIpc) is 3.29. The molecule has 0 aliphatic carbocycles. The fourth-order valence-corrected chi connectivity index (χ4v) is 3.50. The Kier molecular flexibility index (Phi) is 6.54. The molecule has 0 spiro atoms. The Morgan fingerprint density at radius 1 is 1.03 bits per heavy atom. The van der Waals surface area contributed by atoms with Crippen molar-refractivity contribution < 1.29 is 0 Å². The summed E-state index contributed by atoms with van der Waals surface area (Å²) in [6, 6.07) is 12.0. The molecule has 0 saturated carbocycles. The van der Waals surface area contributed by atoms with E-state index >= 15 is 0 Å². The van der Waals surface area contributed by atoms with Crippen LogP contribution in [0.15, 0.2) is 66.2 Å². The maximum atomic E-state index is 4.86. The number of nitrogens with one attached hydrogen (secondary N) is 1. The molecule has 1 saturated heterocycles. The van der Waals surface area contributed by atoms with E-state index in [9.17, 15) is 0 Å². The van der Waals surface area contributed by atoms with Gasteiger partial charge in [-0.15, -0.1) is 0 Å². The normalized spacial score (nSPS) is 14.8. The molecule has 8 nitrogen and oxygen atoms in total. The Bertz CT molecular complexity index is 930. The first-order valence-corrected chi connectivity index (χ1v) is 10.5. The number of hydrogen-bond donors (Lipinski definition) is 1. The molecule has 0 radical (unpaired) electrons. The van der Waals surface area contributed by atoms with Crippen LogP contribution in [0.3, 0.4) is 0 Å². The number of para-hydroxylation sites is 1. The van der Waals surface area contributed by atoms with Crippen molar-refractivity contribution in [3.63, 3.8) is 0 Å². The molecule has 0 unspecified atom stereocenters. The minimum absolute atomic E-state index is 0.727. The minimum Gasteiger partial charge on any atom is -0.357 e. The summed E-state index contributed by atoms with van der Waals surface area (Å²) in [7, 11) is 0. The zero-order valence-electron chi connectivity index (χ0n) is 17.4. The third kappa shape index (κ3) is 4.94. The van der Waals surface area contributed by atoms with E-state index in [-0.39, 0.29) is 0 Å². The summed E-state index contributed by atoms with van der Waals surface area (Å²) in [4.78, 5) is 18.1. The van der Waals surface area contributed by atoms with Crippen LogP contribution in [0.4, 0.5) is 5.95 Å². The maximum Gasteiger partial charge on any atom is 0.225 e. The van der Waals surface area contributed by atoms with Crippen molar-refractivity contribution in [2.24, 2.45) is 4.99 Å². The number of aromatic nitrogens is 4. The number of aliphatic imine (C=N–C) groups is 1. The van der Waals surface area contributed by atoms with Gasteiger partial charge >= 0.3 is 0 Å². The quantitative estimate of drug-likeness (QED) is 0.500. The molecule has 2 aromatic heterocycles. The zero-order chi connectivity index (χ0) is 20.6. The molecular formula is C22H28N8. The van der Waals surface area contributed by atoms with Gasteiger partial charge in [0, 0.05) is 57.9 Å². The van der Waals surface area contributed by atoms with Gasteiger partial charge in [0.2, 0.25) is 5.95 Å². The van der Waals surface area contributed by atoms with Gasteiger partial charge in [0.15, 0.2) is 5.96 Å². The highest BCUT2D eigenvalue weighted by molar-refractivity contribution is 5.80. The van der Waals surface area contributed by atoms with E-state index in [4.69, 9.17) is 4.99 Å². The minimum atomic E-state index is 0.727. The molecule has 1 aromatic carbocycles. The van der Waals surface area contributed by atoms with Gasteiger partial charge in [0.05, 0.1) is 11.9 Å². The molecule has 4 rings (SSSR count). The highest BCUT2D eigenvalue weighted by atomic mass is 15.4. The lowest BCUT2D eigenvalue weighted by atomic mass is 10.2. The van der Waals surface area contributed by atoms with Crippen LogP contribution < -0.4 is 10.2 Å². The number of nitrogens with zero attached hydrogens (tertiary/aromatic N) is 7. The summed E-state index contributed by atoms with van der Waals surface area (Å²) in [5.41, 5.74) is 2.25. The summed E-state index contributed by atoms with van der Waals surface area (Å²) >= 11 is 0. The Labute approximate surface area is 177 Å². The second kappa shape index (κ2) is 9.87. The van der Waals surface area contributed by atoms with Crippen molar-refractivity contribution in [1.29, 1.82) is 0 Å². The SMILES string of the molecule is CCNC(=NCCc1cnn(-c2ccccc2)c1)N1CCN(c2ncccn2)CC1. The highest BCUT2D eigenvalue weighted by Gasteiger charge is 2.20. The summed E-state index contributed by atoms with van der Waals surface area (Å²) < 4.78 is 1.91. The molecule has 0 bridgehead atoms. The maximum absolute atomic E-state index is 4.86. The summed E-state index contributed by atoms with van der Waals surface area (Å²) in [6.45, 7) is 7.26. The summed E-state index contributed by atoms with van der Waals surface area (Å²) in [6.07, 6.45) is 8.45. The van der Waals surface area contributed by atoms with Gasteiger partial charge in [-0.1, -0.05) is 18.2 Å². The standard InChI is InChI=1S/C22H28N8/c1-2-23-21(28-13-15-29(16-14-28)22-24-10-6-11-25-22)26-12-9-19-17-27-30(18-19)20-7-4-3-5-8-20/h3-8,10-11,17-18H,2,9,12-16H2,1H3,(H,23,26). The lowest BCUT2D eigenvalue weighted by Crippen LogP contribution is -2.53. The first kappa shape index (κ1) is 19.9. The van der Waals surface area contributed by atoms with E-state index in [2.05, 4.69) is 55.4 Å². The number of hydrogen-bond acceptors (Lipinski definition) is 5. The molecule has 1 N–H and O–H groups in total. The lowest BCUT2D eigenvalue weighted by molar-refractivity contribution is 0.370. The molecular weight excluding hydrogens is 376 g/mol. The Balaban J connectivity index is 1.33. The predicted molar refractivity (Wildman–Crippen MR) is 119 cm³/mol. The fourth-order valence-electron chi connectivity index (χ4n) is 3.50. The molecule has 1 aliphatic rings. The number of rotatable bonds is 6. The summed E-state index contributed by atoms with van der Waals surface area (Å²) in [5, 5.41) is 7.90. The molecule has 30 heavy (non-hydrogen) atoms. The first-order valence-electron chi connectivity index (χ1n) is 10.5. The second-order valence-electron chi connectivity index (χ2n) is 7.14. The van der Waals surface area contributed by atoms with E-state index in [0.29, 0.717) is 0 Å². The van der Waals surface area contributed by atoms with Crippen LogP contribution in [0.25, 0.3) is 5.69 Å². The van der Waals surface area contributed by atoms with Gasteiger partial charge in [-0.05, 0) is 37.1 Å². The van der Waals surface area contributed by atoms with Gasteiger partial charge < -0.3 is 15.1 Å². The monoisotopic (exact) mass is 404 g/mol. The number of benzene rings is 1. The highest BCUT2D eigenvalue weighted by Crippen LogP contribution is 2.11. The first-order chi connectivity index (χ1) is 14.8. The van der Waals surface area contributed by atoms with Crippen LogP contribution in [-0.2, 0) is 6.42 Å². The van der Waals surface area contributed by atoms with Crippen LogP contribution in [0.5, 0.6) is 0 Å². The lowest BCUT2D eigenvalue weighted by Gasteiger charge is -2.36. The Morgan fingerprint density at radius 3 is 2.53 bits per heavy atom. The molecule has 3 heterocycles. The van der Waals surface area contributed by atoms with Crippen molar-refractivity contribution >= 4 is 11.9 Å². The van der Waals surface area contributed by atoms with Gasteiger partial charge in [-0.3, -0.25) is 4.99 Å². The second-order valence-corrected chi connectivity index (χ2v) is 7.14. The van der Waals surface area contributed by atoms with Crippen LogP contribution in [-0.4, -0.2) is 69.9 Å². The van der Waals surface area contributed by atoms with E-state index in [1.165, 1.54) is 5.56 Å². The smallest absolute Gasteiger partial charge is 0.225 e. The van der Waals surface area contributed by atoms with Gasteiger partial charge in [-0.25, -0.2) is 14.6 Å². The van der Waals surface area contributed by atoms with Crippen molar-refractivity contribution in [1.82, 2.24) is 30.0 Å². The van der Waals surface area contributed by atoms with Crippen LogP contribution in [0.2, 0.25) is 0 Å². The molecule has 156 valence electrons. The van der Waals surface area contributed by atoms with Crippen molar-refractivity contribution in [3.05, 3.63) is 66.7 Å². The predicted octanol–water partition coefficient (Wildman–Crippen LogP) is 1.99. The topological polar surface area (TPSA) is 74.5 Å². The van der Waals surface area contributed by atoms with E-state index < -0.39 is 0 Å². The Morgan fingerprint density at radius 2 is 1.80 bits per heavy atom. The molecule has 8 heteroatoms. The van der Waals surface area contributed by atoms with Gasteiger partial charge in [0.1, 0.15) is 0 Å². The van der Waals surface area contributed by atoms with Crippen LogP contribution >= 0.6 is 0 Å². The molecule has 1 fully saturated rings. The molecule has 1 aliphatic heterocycles. The van der Waals surface area contributed by atoms with E-state index in [1.807, 2.05) is 35.1 Å². The third-order valence-electron chi connectivity index (χ3n) is 5.07. The van der Waals surface area contributed by atoms with E-state index in [1.54, 1.807) is 12.4 Å². The van der Waals surface area contributed by atoms with Gasteiger partial charge in [0.25, 0.3) is 0 Å². The van der Waals surface area contributed by atoms with Crippen molar-refractivity contribution in [3.8, 4) is 5.69 Å². The molecule has 0 amide bonds. The van der Waals surface area contributed by atoms with E-state index in [0.717, 1.165) is 63.3 Å². The Hall–Kier alpha value is -3.42. The van der Waals surface area contributed by atoms with Crippen LogP contribution in [0.1, 0.15) is 12.5 Å².